The topological polar surface area (TPSA) is 63.0 Å². The maximum Gasteiger partial charge on any atom is 0.280 e. The summed E-state index contributed by atoms with van der Waals surface area (Å²) in [6.45, 7) is 5.81. The lowest BCUT2D eigenvalue weighted by Crippen LogP contribution is -2.17. The van der Waals surface area contributed by atoms with Crippen LogP contribution in [0.3, 0.4) is 0 Å². The van der Waals surface area contributed by atoms with E-state index in [1.54, 1.807) is 12.3 Å². The summed E-state index contributed by atoms with van der Waals surface area (Å²) >= 11 is 7.69. The molecule has 27 heavy (non-hydrogen) atoms. The summed E-state index contributed by atoms with van der Waals surface area (Å²) in [5, 5.41) is 4.33. The summed E-state index contributed by atoms with van der Waals surface area (Å²) < 4.78 is 2.56. The second-order valence-corrected chi connectivity index (χ2v) is 7.87. The van der Waals surface area contributed by atoms with E-state index in [2.05, 4.69) is 21.1 Å². The van der Waals surface area contributed by atoms with Crippen LogP contribution >= 0.6 is 22.9 Å². The third kappa shape index (κ3) is 3.34. The minimum atomic E-state index is -0.173. The van der Waals surface area contributed by atoms with Crippen LogP contribution in [0.15, 0.2) is 46.2 Å². The van der Waals surface area contributed by atoms with Crippen molar-refractivity contribution in [3.05, 3.63) is 74.2 Å². The molecule has 0 aliphatic carbocycles. The maximum atomic E-state index is 12.8. The fourth-order valence-electron chi connectivity index (χ4n) is 2.81. The van der Waals surface area contributed by atoms with Gasteiger partial charge >= 0.3 is 0 Å². The van der Waals surface area contributed by atoms with E-state index >= 15 is 0 Å². The van der Waals surface area contributed by atoms with E-state index in [4.69, 9.17) is 11.6 Å². The van der Waals surface area contributed by atoms with Gasteiger partial charge in [-0.05, 0) is 56.2 Å². The molecule has 1 N–H and O–H groups in total. The highest BCUT2D eigenvalue weighted by Gasteiger charge is 2.12. The summed E-state index contributed by atoms with van der Waals surface area (Å²) in [4.78, 5) is 21.7. The van der Waals surface area contributed by atoms with Crippen molar-refractivity contribution in [3.63, 3.8) is 0 Å². The first-order valence-corrected chi connectivity index (χ1v) is 9.61. The molecule has 0 amide bonds. The number of benzene rings is 2. The number of halogens is 1. The van der Waals surface area contributed by atoms with Crippen LogP contribution in [0.4, 0.5) is 5.13 Å². The molecule has 4 aromatic rings. The third-order valence-corrected chi connectivity index (χ3v) is 5.70. The number of aromatic nitrogens is 3. The lowest BCUT2D eigenvalue weighted by Gasteiger charge is -2.03. The lowest BCUT2D eigenvalue weighted by atomic mass is 10.2. The largest absolute Gasteiger partial charge is 0.295 e. The summed E-state index contributed by atoms with van der Waals surface area (Å²) in [5.74, 6) is 0. The van der Waals surface area contributed by atoms with Gasteiger partial charge < -0.3 is 0 Å². The van der Waals surface area contributed by atoms with Gasteiger partial charge in [-0.15, -0.1) is 0 Å². The van der Waals surface area contributed by atoms with Crippen LogP contribution in [0.2, 0.25) is 5.02 Å². The van der Waals surface area contributed by atoms with E-state index in [1.807, 2.05) is 45.0 Å². The van der Waals surface area contributed by atoms with E-state index < -0.39 is 0 Å². The fourth-order valence-corrected chi connectivity index (χ4v) is 3.89. The zero-order valence-corrected chi connectivity index (χ0v) is 16.6. The van der Waals surface area contributed by atoms with Crippen molar-refractivity contribution in [2.45, 2.75) is 20.8 Å². The zero-order chi connectivity index (χ0) is 19.1. The lowest BCUT2D eigenvalue weighted by molar-refractivity contribution is 0.835. The Morgan fingerprint density at radius 3 is 2.78 bits per heavy atom. The van der Waals surface area contributed by atoms with E-state index in [0.717, 1.165) is 21.5 Å². The molecule has 0 spiro atoms. The van der Waals surface area contributed by atoms with Crippen LogP contribution < -0.4 is 5.56 Å². The number of hydrogen-bond donors (Lipinski definition) is 1. The first-order chi connectivity index (χ1) is 12.9. The molecule has 0 bridgehead atoms. The molecule has 0 aliphatic heterocycles. The second kappa shape index (κ2) is 6.79. The number of thiazole rings is 1. The third-order valence-electron chi connectivity index (χ3n) is 4.37. The summed E-state index contributed by atoms with van der Waals surface area (Å²) in [6, 6.07) is 11.6. The standard InChI is InChI=1S/C20H17ClN4OS/c1-11-4-7-17-18(8-11)27-20(23-17)22-10-15-13(3)24-25(19(15)26)14-6-5-12(2)16(21)9-14/h4-10,24H,1-3H3. The van der Waals surface area contributed by atoms with Crippen molar-refractivity contribution in [2.75, 3.05) is 0 Å². The molecule has 2 aromatic carbocycles. The quantitative estimate of drug-likeness (QED) is 0.489. The average Bonchev–Trinajstić information content (AvgIpc) is 3.15. The fraction of sp³-hybridized carbons (Fsp3) is 0.150. The number of aromatic amines is 1. The number of aliphatic imine (C=N–C) groups is 1. The molecule has 0 atom stereocenters. The molecule has 2 aromatic heterocycles. The van der Waals surface area contributed by atoms with Gasteiger partial charge in [-0.2, -0.15) is 0 Å². The summed E-state index contributed by atoms with van der Waals surface area (Å²) in [5.41, 5.74) is 4.81. The van der Waals surface area contributed by atoms with Crippen LogP contribution in [0.1, 0.15) is 22.4 Å². The molecule has 5 nitrogen and oxygen atoms in total. The van der Waals surface area contributed by atoms with Crippen molar-refractivity contribution in [2.24, 2.45) is 4.99 Å². The van der Waals surface area contributed by atoms with Gasteiger partial charge in [0.1, 0.15) is 0 Å². The van der Waals surface area contributed by atoms with E-state index in [1.165, 1.54) is 21.6 Å². The summed E-state index contributed by atoms with van der Waals surface area (Å²) in [6.07, 6.45) is 1.57. The van der Waals surface area contributed by atoms with Crippen LogP contribution in [-0.2, 0) is 0 Å². The molecule has 0 radical (unpaired) electrons. The van der Waals surface area contributed by atoms with Gasteiger partial charge in [0.25, 0.3) is 5.56 Å². The second-order valence-electron chi connectivity index (χ2n) is 6.45. The number of aryl methyl sites for hydroxylation is 3. The monoisotopic (exact) mass is 396 g/mol. The molecule has 0 saturated carbocycles. The van der Waals surface area contributed by atoms with Crippen molar-refractivity contribution >= 4 is 44.5 Å². The minimum absolute atomic E-state index is 0.173. The molecule has 7 heteroatoms. The van der Waals surface area contributed by atoms with Crippen LogP contribution in [0, 0.1) is 20.8 Å². The van der Waals surface area contributed by atoms with Gasteiger partial charge in [0.15, 0.2) is 0 Å². The molecule has 4 rings (SSSR count). The van der Waals surface area contributed by atoms with Crippen LogP contribution in [0.5, 0.6) is 0 Å². The Bertz CT molecular complexity index is 1250. The van der Waals surface area contributed by atoms with Gasteiger partial charge in [-0.3, -0.25) is 9.89 Å². The Kier molecular flexibility index (Phi) is 4.45. The molecule has 2 heterocycles. The smallest absolute Gasteiger partial charge is 0.280 e. The highest BCUT2D eigenvalue weighted by Crippen LogP contribution is 2.28. The Morgan fingerprint density at radius 1 is 1.19 bits per heavy atom. The first kappa shape index (κ1) is 17.7. The molecule has 0 fully saturated rings. The molecule has 0 unspecified atom stereocenters. The Balaban J connectivity index is 1.71. The van der Waals surface area contributed by atoms with E-state index in [9.17, 15) is 4.79 Å². The van der Waals surface area contributed by atoms with Crippen molar-refractivity contribution in [1.29, 1.82) is 0 Å². The molecule has 0 aliphatic rings. The SMILES string of the molecule is Cc1ccc2nc(N=Cc3c(C)[nH]n(-c4ccc(C)c(Cl)c4)c3=O)sc2c1. The molecular weight excluding hydrogens is 380 g/mol. The van der Waals surface area contributed by atoms with Crippen LogP contribution in [-0.4, -0.2) is 21.0 Å². The Hall–Kier alpha value is -2.70. The Labute approximate surface area is 165 Å². The normalized spacial score (nSPS) is 11.7. The minimum Gasteiger partial charge on any atom is -0.295 e. The number of H-pyrrole nitrogens is 1. The highest BCUT2D eigenvalue weighted by atomic mass is 35.5. The molecule has 136 valence electrons. The first-order valence-electron chi connectivity index (χ1n) is 8.42. The predicted octanol–water partition coefficient (Wildman–Crippen LogP) is 5.10. The van der Waals surface area contributed by atoms with E-state index in [-0.39, 0.29) is 5.56 Å². The number of rotatable bonds is 3. The summed E-state index contributed by atoms with van der Waals surface area (Å²) in [7, 11) is 0. The molecular formula is C20H17ClN4OS. The van der Waals surface area contributed by atoms with Gasteiger partial charge in [0.2, 0.25) is 5.13 Å². The predicted molar refractivity (Wildman–Crippen MR) is 112 cm³/mol. The average molecular weight is 397 g/mol. The number of fused-ring (bicyclic) bond motifs is 1. The maximum absolute atomic E-state index is 12.8. The number of hydrogen-bond acceptors (Lipinski definition) is 4. The van der Waals surface area contributed by atoms with Crippen molar-refractivity contribution < 1.29 is 0 Å². The van der Waals surface area contributed by atoms with Crippen molar-refractivity contribution in [3.8, 4) is 5.69 Å². The van der Waals surface area contributed by atoms with Gasteiger partial charge in [0.05, 0.1) is 21.5 Å². The zero-order valence-electron chi connectivity index (χ0n) is 15.1. The van der Waals surface area contributed by atoms with Gasteiger partial charge in [0, 0.05) is 16.9 Å². The van der Waals surface area contributed by atoms with Crippen LogP contribution in [0.25, 0.3) is 15.9 Å². The van der Waals surface area contributed by atoms with E-state index in [0.29, 0.717) is 21.4 Å². The molecule has 0 saturated heterocycles. The van der Waals surface area contributed by atoms with Gasteiger partial charge in [-0.25, -0.2) is 14.7 Å². The Morgan fingerprint density at radius 2 is 2.00 bits per heavy atom. The number of nitrogens with zero attached hydrogens (tertiary/aromatic N) is 3. The highest BCUT2D eigenvalue weighted by molar-refractivity contribution is 7.22. The van der Waals surface area contributed by atoms with Gasteiger partial charge in [-0.1, -0.05) is 35.1 Å². The number of nitrogens with one attached hydrogen (secondary N) is 1. The van der Waals surface area contributed by atoms with Crippen molar-refractivity contribution in [1.82, 2.24) is 14.8 Å².